The average Bonchev–Trinajstić information content (AvgIpc) is 3.47. The fourth-order valence-electron chi connectivity index (χ4n) is 4.90. The fraction of sp³-hybridized carbons (Fsp3) is 0.226. The number of ketones is 1. The Morgan fingerprint density at radius 3 is 2.40 bits per heavy atom. The number of aliphatic hydroxyl groups excluding tert-OH is 1. The summed E-state index contributed by atoms with van der Waals surface area (Å²) in [5.74, 6) is -0.435. The topological polar surface area (TPSA) is 98.4 Å². The van der Waals surface area contributed by atoms with Crippen LogP contribution in [0.15, 0.2) is 82.5 Å². The van der Waals surface area contributed by atoms with E-state index in [0.717, 1.165) is 0 Å². The Morgan fingerprint density at radius 1 is 1.02 bits per heavy atom. The summed E-state index contributed by atoms with van der Waals surface area (Å²) in [5, 5.41) is 12.1. The number of aliphatic hydroxyl groups is 1. The van der Waals surface area contributed by atoms with E-state index in [9.17, 15) is 14.7 Å². The van der Waals surface area contributed by atoms with Crippen LogP contribution in [-0.2, 0) is 11.3 Å². The van der Waals surface area contributed by atoms with Crippen LogP contribution in [0, 0.1) is 0 Å². The highest BCUT2D eigenvalue weighted by molar-refractivity contribution is 6.31. The Hall–Kier alpha value is -4.43. The first kappa shape index (κ1) is 27.1. The van der Waals surface area contributed by atoms with Gasteiger partial charge < -0.3 is 28.6 Å². The lowest BCUT2D eigenvalue weighted by Gasteiger charge is -2.27. The van der Waals surface area contributed by atoms with Gasteiger partial charge in [0, 0.05) is 22.0 Å². The molecule has 1 aliphatic rings. The second kappa shape index (κ2) is 11.0. The van der Waals surface area contributed by atoms with E-state index in [1.807, 2.05) is 32.0 Å². The van der Waals surface area contributed by atoms with Gasteiger partial charge in [-0.25, -0.2) is 0 Å². The van der Waals surface area contributed by atoms with Gasteiger partial charge in [0.05, 0.1) is 38.5 Å². The quantitative estimate of drug-likeness (QED) is 0.228. The lowest BCUT2D eigenvalue weighted by molar-refractivity contribution is -0.130. The number of nitrogens with zero attached hydrogens (tertiary/aromatic N) is 1. The minimum atomic E-state index is -0.906. The van der Waals surface area contributed by atoms with Crippen LogP contribution in [0.2, 0.25) is 5.02 Å². The predicted octanol–water partition coefficient (Wildman–Crippen LogP) is 6.67. The minimum Gasteiger partial charge on any atom is -0.503 e. The van der Waals surface area contributed by atoms with Crippen molar-refractivity contribution < 1.29 is 33.3 Å². The van der Waals surface area contributed by atoms with Crippen LogP contribution in [0.25, 0.3) is 11.0 Å². The molecule has 0 aliphatic carbocycles. The van der Waals surface area contributed by atoms with Crippen LogP contribution in [0.1, 0.15) is 41.6 Å². The highest BCUT2D eigenvalue weighted by Crippen LogP contribution is 2.42. The zero-order valence-electron chi connectivity index (χ0n) is 22.4. The Bertz CT molecular complexity index is 1620. The molecule has 3 aromatic carbocycles. The molecule has 5 rings (SSSR count). The van der Waals surface area contributed by atoms with Gasteiger partial charge in [-0.05, 0) is 49.7 Å². The second-order valence-electron chi connectivity index (χ2n) is 9.61. The fourth-order valence-corrected chi connectivity index (χ4v) is 5.11. The molecular weight excluding hydrogens is 534 g/mol. The van der Waals surface area contributed by atoms with Crippen LogP contribution in [0.3, 0.4) is 0 Å². The molecule has 9 heteroatoms. The van der Waals surface area contributed by atoms with Gasteiger partial charge in [0.25, 0.3) is 5.91 Å². The van der Waals surface area contributed by atoms with Crippen molar-refractivity contribution in [2.24, 2.45) is 0 Å². The molecule has 0 spiro atoms. The van der Waals surface area contributed by atoms with E-state index in [4.69, 9.17) is 30.2 Å². The predicted molar refractivity (Wildman–Crippen MR) is 150 cm³/mol. The molecule has 1 atom stereocenters. The Kier molecular flexibility index (Phi) is 7.45. The molecule has 1 aliphatic heterocycles. The maximum Gasteiger partial charge on any atom is 0.290 e. The molecule has 1 unspecified atom stereocenters. The third-order valence-electron chi connectivity index (χ3n) is 6.64. The van der Waals surface area contributed by atoms with Gasteiger partial charge in [0.1, 0.15) is 11.5 Å². The highest BCUT2D eigenvalue weighted by atomic mass is 35.5. The summed E-state index contributed by atoms with van der Waals surface area (Å²) in [6, 6.07) is 18.2. The van der Waals surface area contributed by atoms with E-state index in [-0.39, 0.29) is 24.0 Å². The van der Waals surface area contributed by atoms with Gasteiger partial charge in [0.15, 0.2) is 22.9 Å². The van der Waals surface area contributed by atoms with Crippen molar-refractivity contribution in [1.82, 2.24) is 4.90 Å². The first-order valence-corrected chi connectivity index (χ1v) is 13.0. The van der Waals surface area contributed by atoms with E-state index >= 15 is 0 Å². The lowest BCUT2D eigenvalue weighted by Crippen LogP contribution is -2.30. The van der Waals surface area contributed by atoms with Crippen LogP contribution in [0.5, 0.6) is 17.2 Å². The lowest BCUT2D eigenvalue weighted by atomic mass is 9.94. The summed E-state index contributed by atoms with van der Waals surface area (Å²) in [6.07, 6.45) is -0.0272. The molecule has 1 aromatic heterocycles. The normalized spacial score (nSPS) is 15.3. The number of carbonyl (C=O) groups is 2. The standard InChI is InChI=1S/C31H28ClNO7/c1-17(2)39-22-11-9-18(10-12-22)27-26(28(34)24-14-20-13-21(32)15-25(38-4)30(20)40-24)29(35)31(36)33(27)16-19-7-5-6-8-23(19)37-3/h5-15,17,27,35H,16H2,1-4H3. The van der Waals surface area contributed by atoms with Gasteiger partial charge >= 0.3 is 0 Å². The second-order valence-corrected chi connectivity index (χ2v) is 10.0. The summed E-state index contributed by atoms with van der Waals surface area (Å²) in [6.45, 7) is 3.93. The van der Waals surface area contributed by atoms with Gasteiger partial charge in [-0.2, -0.15) is 0 Å². The molecule has 1 N–H and O–H groups in total. The van der Waals surface area contributed by atoms with E-state index in [2.05, 4.69) is 0 Å². The molecule has 0 saturated heterocycles. The van der Waals surface area contributed by atoms with Crippen molar-refractivity contribution in [2.45, 2.75) is 32.5 Å². The van der Waals surface area contributed by atoms with Gasteiger partial charge in [-0.3, -0.25) is 9.59 Å². The third kappa shape index (κ3) is 4.98. The number of methoxy groups -OCH3 is 2. The summed E-state index contributed by atoms with van der Waals surface area (Å²) in [4.78, 5) is 28.9. The Labute approximate surface area is 236 Å². The molecule has 4 aromatic rings. The maximum atomic E-state index is 14.0. The molecule has 0 fully saturated rings. The first-order chi connectivity index (χ1) is 19.2. The van der Waals surface area contributed by atoms with Crippen molar-refractivity contribution in [2.75, 3.05) is 14.2 Å². The molecule has 40 heavy (non-hydrogen) atoms. The molecule has 206 valence electrons. The Balaban J connectivity index is 1.60. The number of rotatable bonds is 9. The highest BCUT2D eigenvalue weighted by Gasteiger charge is 2.45. The van der Waals surface area contributed by atoms with E-state index in [1.54, 1.807) is 49.6 Å². The van der Waals surface area contributed by atoms with Crippen molar-refractivity contribution >= 4 is 34.3 Å². The smallest absolute Gasteiger partial charge is 0.290 e. The average molecular weight is 562 g/mol. The minimum absolute atomic E-state index is 0.0272. The number of hydrogen-bond acceptors (Lipinski definition) is 7. The summed E-state index contributed by atoms with van der Waals surface area (Å²) in [7, 11) is 3.01. The maximum absolute atomic E-state index is 14.0. The number of amides is 1. The number of furan rings is 1. The number of ether oxygens (including phenoxy) is 3. The SMILES string of the molecule is COc1ccccc1CN1C(=O)C(O)=C(C(=O)c2cc3cc(Cl)cc(OC)c3o2)C1c1ccc(OC(C)C)cc1. The van der Waals surface area contributed by atoms with Crippen LogP contribution in [-0.4, -0.2) is 42.0 Å². The molecule has 1 amide bonds. The summed E-state index contributed by atoms with van der Waals surface area (Å²) in [5.41, 5.74) is 1.56. The van der Waals surface area contributed by atoms with Gasteiger partial charge in [-0.15, -0.1) is 0 Å². The number of fused-ring (bicyclic) bond motifs is 1. The van der Waals surface area contributed by atoms with Crippen LogP contribution >= 0.6 is 11.6 Å². The van der Waals surface area contributed by atoms with Gasteiger partial charge in [0.2, 0.25) is 5.78 Å². The molecule has 0 bridgehead atoms. The van der Waals surface area contributed by atoms with Crippen molar-refractivity contribution in [3.8, 4) is 17.2 Å². The number of benzene rings is 3. The number of carbonyl (C=O) groups excluding carboxylic acids is 2. The summed E-state index contributed by atoms with van der Waals surface area (Å²) >= 11 is 6.20. The number of halogens is 1. The summed E-state index contributed by atoms with van der Waals surface area (Å²) < 4.78 is 22.5. The number of Topliss-reactive ketones (excluding diaryl/α,β-unsaturated/α-hetero) is 1. The number of hydrogen-bond donors (Lipinski definition) is 1. The van der Waals surface area contributed by atoms with E-state index in [0.29, 0.717) is 44.4 Å². The molecule has 0 radical (unpaired) electrons. The molecule has 2 heterocycles. The van der Waals surface area contributed by atoms with E-state index in [1.165, 1.54) is 18.1 Å². The monoisotopic (exact) mass is 561 g/mol. The van der Waals surface area contributed by atoms with E-state index < -0.39 is 23.5 Å². The largest absolute Gasteiger partial charge is 0.503 e. The zero-order valence-corrected chi connectivity index (χ0v) is 23.2. The van der Waals surface area contributed by atoms with Gasteiger partial charge in [-0.1, -0.05) is 41.9 Å². The molecular formula is C31H28ClNO7. The van der Waals surface area contributed by atoms with Crippen molar-refractivity contribution in [1.29, 1.82) is 0 Å². The Morgan fingerprint density at radius 2 is 1.73 bits per heavy atom. The zero-order chi connectivity index (χ0) is 28.6. The van der Waals surface area contributed by atoms with Crippen LogP contribution in [0.4, 0.5) is 0 Å². The van der Waals surface area contributed by atoms with Crippen LogP contribution < -0.4 is 14.2 Å². The third-order valence-corrected chi connectivity index (χ3v) is 6.86. The van der Waals surface area contributed by atoms with Crippen molar-refractivity contribution in [3.63, 3.8) is 0 Å². The number of para-hydroxylation sites is 1. The van der Waals surface area contributed by atoms with Crippen molar-refractivity contribution in [3.05, 3.63) is 100.0 Å². The molecule has 0 saturated carbocycles. The molecule has 8 nitrogen and oxygen atoms in total. The first-order valence-electron chi connectivity index (χ1n) is 12.7.